The van der Waals surface area contributed by atoms with Gasteiger partial charge in [0.25, 0.3) is 0 Å². The number of aliphatic hydroxyl groups excluding tert-OH is 1. The molecule has 19 heavy (non-hydrogen) atoms. The Bertz CT molecular complexity index is 435. The first kappa shape index (κ1) is 16.8. The van der Waals surface area contributed by atoms with Crippen LogP contribution in [0.25, 0.3) is 4.98 Å². The summed E-state index contributed by atoms with van der Waals surface area (Å²) in [5.41, 5.74) is -2.98. The minimum atomic E-state index is -5.04. The third kappa shape index (κ3) is 5.29. The predicted molar refractivity (Wildman–Crippen MR) is 57.1 cm³/mol. The van der Waals surface area contributed by atoms with E-state index in [0.717, 1.165) is 0 Å². The van der Waals surface area contributed by atoms with Crippen molar-refractivity contribution in [3.63, 3.8) is 0 Å². The number of hydrogen-bond acceptors (Lipinski definition) is 5. The highest BCUT2D eigenvalue weighted by molar-refractivity contribution is 5.84. The van der Waals surface area contributed by atoms with E-state index in [1.807, 2.05) is 0 Å². The minimum absolute atomic E-state index is 0.0633. The summed E-state index contributed by atoms with van der Waals surface area (Å²) in [6, 6.07) is 0. The molecule has 0 radical (unpaired) electrons. The number of carbonyl (C=O) groups excluding carboxylic acids is 1. The Morgan fingerprint density at radius 3 is 2.21 bits per heavy atom. The molecule has 6 nitrogen and oxygen atoms in total. The van der Waals surface area contributed by atoms with E-state index in [4.69, 9.17) is 5.39 Å². The lowest BCUT2D eigenvalue weighted by Gasteiger charge is -2.06. The quantitative estimate of drug-likeness (QED) is 0.275. The van der Waals surface area contributed by atoms with Crippen molar-refractivity contribution in [3.8, 4) is 0 Å². The predicted octanol–water partition coefficient (Wildman–Crippen LogP) is 2.65. The van der Waals surface area contributed by atoms with Gasteiger partial charge in [0, 0.05) is 6.08 Å². The van der Waals surface area contributed by atoms with Crippen LogP contribution in [0.3, 0.4) is 0 Å². The van der Waals surface area contributed by atoms with Gasteiger partial charge in [-0.2, -0.15) is 13.2 Å². The Labute approximate surface area is 106 Å². The summed E-state index contributed by atoms with van der Waals surface area (Å²) in [6.45, 7) is 2.51. The van der Waals surface area contributed by atoms with E-state index in [9.17, 15) is 23.1 Å². The van der Waals surface area contributed by atoms with Crippen LogP contribution in [-0.2, 0) is 14.3 Å². The molecule has 1 N–H and O–H groups in total. The molecular weight excluding hydrogens is 269 g/mol. The fourth-order valence-electron chi connectivity index (χ4n) is 1.00. The molecule has 0 saturated heterocycles. The van der Waals surface area contributed by atoms with Gasteiger partial charge in [-0.3, -0.25) is 0 Å². The lowest BCUT2D eigenvalue weighted by atomic mass is 10.2. The molecule has 0 aromatic rings. The van der Waals surface area contributed by atoms with Crippen LogP contribution in [-0.4, -0.2) is 30.5 Å². The normalized spacial score (nSPS) is 13.4. The molecule has 0 fully saturated rings. The van der Waals surface area contributed by atoms with E-state index < -0.39 is 29.4 Å². The maximum atomic E-state index is 12.7. The SMILES string of the molecule is CCOC(=O)/C=C(\C([N+]#N)=C(\O)OCC)C(F)(F)F. The third-order valence-electron chi connectivity index (χ3n) is 1.69. The fraction of sp³-hybridized carbons (Fsp3) is 0.500. The van der Waals surface area contributed by atoms with E-state index in [2.05, 4.69) is 14.4 Å². The topological polar surface area (TPSA) is 83.9 Å². The molecular formula is C10H12F3N2O4+. The molecule has 0 aliphatic heterocycles. The van der Waals surface area contributed by atoms with Gasteiger partial charge in [0.1, 0.15) is 0 Å². The van der Waals surface area contributed by atoms with Crippen molar-refractivity contribution >= 4 is 5.97 Å². The molecule has 0 rings (SSSR count). The number of ether oxygens (including phenoxy) is 2. The van der Waals surface area contributed by atoms with Gasteiger partial charge in [0.05, 0.1) is 13.2 Å². The average Bonchev–Trinajstić information content (AvgIpc) is 2.28. The van der Waals surface area contributed by atoms with Crippen molar-refractivity contribution < 1.29 is 32.5 Å². The van der Waals surface area contributed by atoms with Crippen LogP contribution in [0.2, 0.25) is 0 Å². The molecule has 0 spiro atoms. The average molecular weight is 281 g/mol. The number of halogens is 3. The van der Waals surface area contributed by atoms with Gasteiger partial charge >= 0.3 is 23.8 Å². The van der Waals surface area contributed by atoms with E-state index in [1.165, 1.54) is 13.8 Å². The van der Waals surface area contributed by atoms with Crippen LogP contribution in [0.1, 0.15) is 13.8 Å². The van der Waals surface area contributed by atoms with Crippen LogP contribution in [0.15, 0.2) is 23.3 Å². The fourth-order valence-corrected chi connectivity index (χ4v) is 1.00. The molecule has 0 aromatic heterocycles. The summed E-state index contributed by atoms with van der Waals surface area (Å²) in [4.78, 5) is 13.3. The zero-order valence-electron chi connectivity index (χ0n) is 10.2. The maximum Gasteiger partial charge on any atom is 0.476 e. The monoisotopic (exact) mass is 281 g/mol. The minimum Gasteiger partial charge on any atom is -0.475 e. The zero-order chi connectivity index (χ0) is 15.1. The van der Waals surface area contributed by atoms with E-state index in [0.29, 0.717) is 0 Å². The summed E-state index contributed by atoms with van der Waals surface area (Å²) >= 11 is 0. The first-order valence-corrected chi connectivity index (χ1v) is 5.15. The number of aliphatic hydroxyl groups is 1. The highest BCUT2D eigenvalue weighted by Crippen LogP contribution is 2.33. The number of diazo groups is 1. The summed E-state index contributed by atoms with van der Waals surface area (Å²) < 4.78 is 46.9. The number of alkyl halides is 3. The first-order chi connectivity index (χ1) is 8.77. The molecule has 0 amide bonds. The van der Waals surface area contributed by atoms with Crippen LogP contribution in [0, 0.1) is 5.39 Å². The van der Waals surface area contributed by atoms with Crippen LogP contribution in [0.5, 0.6) is 0 Å². The molecule has 106 valence electrons. The standard InChI is InChI=1S/C10H11F3N2O4/c1-3-18-7(16)5-6(10(11,12)13)8(15-14)9(17)19-4-2/h5H,3-4H2,1-2H3/p+1. The number of carbonyl (C=O) groups is 1. The largest absolute Gasteiger partial charge is 0.476 e. The molecule has 0 heterocycles. The highest BCUT2D eigenvalue weighted by atomic mass is 19.4. The zero-order valence-corrected chi connectivity index (χ0v) is 10.2. The van der Waals surface area contributed by atoms with Gasteiger partial charge in [-0.25, -0.2) is 4.79 Å². The van der Waals surface area contributed by atoms with Crippen LogP contribution < -0.4 is 0 Å². The second-order valence-electron chi connectivity index (χ2n) is 2.99. The summed E-state index contributed by atoms with van der Waals surface area (Å²) in [5.74, 6) is -2.54. The Hall–Kier alpha value is -2.24. The van der Waals surface area contributed by atoms with Gasteiger partial charge in [0.2, 0.25) is 5.39 Å². The smallest absolute Gasteiger partial charge is 0.475 e. The molecule has 0 aliphatic carbocycles. The Balaban J connectivity index is 5.69. The van der Waals surface area contributed by atoms with Crippen molar-refractivity contribution in [1.82, 2.24) is 0 Å². The summed E-state index contributed by atoms with van der Waals surface area (Å²) in [6.07, 6.45) is -4.98. The lowest BCUT2D eigenvalue weighted by molar-refractivity contribution is -0.138. The van der Waals surface area contributed by atoms with Gasteiger partial charge in [0.15, 0.2) is 10.5 Å². The van der Waals surface area contributed by atoms with Crippen molar-refractivity contribution in [2.24, 2.45) is 0 Å². The number of nitrogens with zero attached hydrogens (tertiary/aromatic N) is 2. The van der Waals surface area contributed by atoms with Crippen molar-refractivity contribution in [1.29, 1.82) is 5.39 Å². The van der Waals surface area contributed by atoms with E-state index in [-0.39, 0.29) is 19.3 Å². The van der Waals surface area contributed by atoms with Gasteiger partial charge in [-0.15, -0.1) is 0 Å². The number of rotatable bonds is 5. The number of hydrogen-bond donors (Lipinski definition) is 1. The van der Waals surface area contributed by atoms with Gasteiger partial charge in [-0.05, 0) is 13.8 Å². The summed E-state index contributed by atoms with van der Waals surface area (Å²) in [7, 11) is 0. The Morgan fingerprint density at radius 1 is 1.32 bits per heavy atom. The number of esters is 1. The second kappa shape index (κ2) is 7.25. The molecule has 0 saturated carbocycles. The van der Waals surface area contributed by atoms with Gasteiger partial charge < -0.3 is 14.6 Å². The van der Waals surface area contributed by atoms with E-state index >= 15 is 0 Å². The van der Waals surface area contributed by atoms with Crippen LogP contribution >= 0.6 is 0 Å². The molecule has 0 atom stereocenters. The highest BCUT2D eigenvalue weighted by Gasteiger charge is 2.46. The van der Waals surface area contributed by atoms with Crippen molar-refractivity contribution in [2.75, 3.05) is 13.2 Å². The third-order valence-corrected chi connectivity index (χ3v) is 1.69. The van der Waals surface area contributed by atoms with E-state index in [1.54, 1.807) is 0 Å². The van der Waals surface area contributed by atoms with Crippen molar-refractivity contribution in [3.05, 3.63) is 28.3 Å². The first-order valence-electron chi connectivity index (χ1n) is 5.15. The maximum absolute atomic E-state index is 12.7. The molecule has 0 aliphatic rings. The summed E-state index contributed by atoms with van der Waals surface area (Å²) in [5, 5.41) is 17.7. The number of allylic oxidation sites excluding steroid dienone is 1. The van der Waals surface area contributed by atoms with Crippen LogP contribution in [0.4, 0.5) is 13.2 Å². The Kier molecular flexibility index (Phi) is 6.40. The van der Waals surface area contributed by atoms with Crippen molar-refractivity contribution in [2.45, 2.75) is 20.0 Å². The molecule has 0 unspecified atom stereocenters. The molecule has 0 aromatic carbocycles. The molecule has 0 bridgehead atoms. The Morgan fingerprint density at radius 2 is 1.84 bits per heavy atom. The van der Waals surface area contributed by atoms with Gasteiger partial charge in [-0.1, -0.05) is 0 Å². The molecule has 9 heteroatoms. The lowest BCUT2D eigenvalue weighted by Crippen LogP contribution is -2.17. The second-order valence-corrected chi connectivity index (χ2v) is 2.99.